The van der Waals surface area contributed by atoms with Crippen LogP contribution in [0, 0.1) is 0 Å². The average Bonchev–Trinajstić information content (AvgIpc) is 2.97. The SMILES string of the molecule is COc1cccc(N2CCN(CCCCN3C(=O)CNC3=O)CC2)c1. The number of piperazine rings is 1. The Bertz CT molecular complexity index is 598. The van der Waals surface area contributed by atoms with E-state index in [9.17, 15) is 9.59 Å². The third-order valence-corrected chi connectivity index (χ3v) is 4.83. The van der Waals surface area contributed by atoms with E-state index in [1.807, 2.05) is 12.1 Å². The maximum Gasteiger partial charge on any atom is 0.324 e. The van der Waals surface area contributed by atoms with E-state index in [0.717, 1.165) is 51.3 Å². The number of carbonyl (C=O) groups is 2. The molecule has 0 spiro atoms. The molecule has 0 radical (unpaired) electrons. The van der Waals surface area contributed by atoms with Crippen molar-refractivity contribution in [2.75, 3.05) is 57.8 Å². The van der Waals surface area contributed by atoms with Crippen LogP contribution in [-0.2, 0) is 4.79 Å². The summed E-state index contributed by atoms with van der Waals surface area (Å²) >= 11 is 0. The first-order valence-electron chi connectivity index (χ1n) is 8.87. The number of nitrogens with zero attached hydrogens (tertiary/aromatic N) is 3. The molecule has 2 fully saturated rings. The molecule has 0 bridgehead atoms. The van der Waals surface area contributed by atoms with Gasteiger partial charge in [0, 0.05) is 44.5 Å². The molecule has 0 atom stereocenters. The van der Waals surface area contributed by atoms with Gasteiger partial charge in [-0.15, -0.1) is 0 Å². The number of imide groups is 1. The number of nitrogens with one attached hydrogen (secondary N) is 1. The van der Waals surface area contributed by atoms with Gasteiger partial charge in [0.25, 0.3) is 0 Å². The van der Waals surface area contributed by atoms with E-state index >= 15 is 0 Å². The number of carbonyl (C=O) groups excluding carboxylic acids is 2. The van der Waals surface area contributed by atoms with E-state index in [4.69, 9.17) is 4.74 Å². The number of benzene rings is 1. The Kier molecular flexibility index (Phi) is 5.75. The van der Waals surface area contributed by atoms with Crippen molar-refractivity contribution in [3.63, 3.8) is 0 Å². The van der Waals surface area contributed by atoms with E-state index in [2.05, 4.69) is 27.2 Å². The zero-order valence-electron chi connectivity index (χ0n) is 14.7. The highest BCUT2D eigenvalue weighted by Crippen LogP contribution is 2.22. The molecule has 7 heteroatoms. The highest BCUT2D eigenvalue weighted by atomic mass is 16.5. The van der Waals surface area contributed by atoms with Crippen molar-refractivity contribution >= 4 is 17.6 Å². The highest BCUT2D eigenvalue weighted by molar-refractivity contribution is 6.01. The van der Waals surface area contributed by atoms with E-state index < -0.39 is 0 Å². The third-order valence-electron chi connectivity index (χ3n) is 4.83. The maximum atomic E-state index is 11.5. The van der Waals surface area contributed by atoms with Crippen molar-refractivity contribution < 1.29 is 14.3 Å². The van der Waals surface area contributed by atoms with Gasteiger partial charge in [0.05, 0.1) is 13.7 Å². The summed E-state index contributed by atoms with van der Waals surface area (Å²) in [6.45, 7) is 5.73. The van der Waals surface area contributed by atoms with Crippen LogP contribution in [-0.4, -0.2) is 74.7 Å². The first-order valence-corrected chi connectivity index (χ1v) is 8.87. The second-order valence-electron chi connectivity index (χ2n) is 6.44. The van der Waals surface area contributed by atoms with Gasteiger partial charge in [0.1, 0.15) is 5.75 Å². The lowest BCUT2D eigenvalue weighted by Crippen LogP contribution is -2.46. The minimum Gasteiger partial charge on any atom is -0.497 e. The molecule has 7 nitrogen and oxygen atoms in total. The van der Waals surface area contributed by atoms with Crippen molar-refractivity contribution in [3.8, 4) is 5.75 Å². The Morgan fingerprint density at radius 1 is 1.08 bits per heavy atom. The van der Waals surface area contributed by atoms with Crippen molar-refractivity contribution in [2.24, 2.45) is 0 Å². The quantitative estimate of drug-likeness (QED) is 0.593. The van der Waals surface area contributed by atoms with Gasteiger partial charge in [0.2, 0.25) is 5.91 Å². The van der Waals surface area contributed by atoms with Crippen molar-refractivity contribution in [1.82, 2.24) is 15.1 Å². The Labute approximate surface area is 148 Å². The highest BCUT2D eigenvalue weighted by Gasteiger charge is 2.27. The number of unbranched alkanes of at least 4 members (excludes halogenated alkanes) is 1. The smallest absolute Gasteiger partial charge is 0.324 e. The summed E-state index contributed by atoms with van der Waals surface area (Å²) in [6.07, 6.45) is 1.85. The summed E-state index contributed by atoms with van der Waals surface area (Å²) in [6, 6.07) is 7.93. The molecule has 0 aliphatic carbocycles. The fraction of sp³-hybridized carbons (Fsp3) is 0.556. The molecule has 2 heterocycles. The average molecular weight is 346 g/mol. The van der Waals surface area contributed by atoms with Gasteiger partial charge in [-0.25, -0.2) is 4.79 Å². The van der Waals surface area contributed by atoms with Gasteiger partial charge in [-0.3, -0.25) is 14.6 Å². The molecule has 2 aliphatic rings. The van der Waals surface area contributed by atoms with Crippen LogP contribution in [0.2, 0.25) is 0 Å². The van der Waals surface area contributed by atoms with Crippen molar-refractivity contribution in [3.05, 3.63) is 24.3 Å². The molecule has 1 aromatic rings. The summed E-state index contributed by atoms with van der Waals surface area (Å²) in [5.41, 5.74) is 1.21. The van der Waals surface area contributed by atoms with E-state index in [1.165, 1.54) is 10.6 Å². The molecule has 1 N–H and O–H groups in total. The van der Waals surface area contributed by atoms with Gasteiger partial charge in [-0.2, -0.15) is 0 Å². The molecule has 0 saturated carbocycles. The molecule has 1 aromatic carbocycles. The molecular weight excluding hydrogens is 320 g/mol. The zero-order valence-corrected chi connectivity index (χ0v) is 14.7. The Balaban J connectivity index is 1.36. The molecule has 0 aromatic heterocycles. The van der Waals surface area contributed by atoms with Crippen LogP contribution in [0.3, 0.4) is 0 Å². The topological polar surface area (TPSA) is 65.1 Å². The third kappa shape index (κ3) is 4.42. The lowest BCUT2D eigenvalue weighted by atomic mass is 10.2. The zero-order chi connectivity index (χ0) is 17.6. The molecule has 2 saturated heterocycles. The number of hydrogen-bond donors (Lipinski definition) is 1. The molecule has 2 aliphatic heterocycles. The molecule has 3 amide bonds. The van der Waals surface area contributed by atoms with Crippen molar-refractivity contribution in [1.29, 1.82) is 0 Å². The predicted molar refractivity (Wildman–Crippen MR) is 96.0 cm³/mol. The standard InChI is InChI=1S/C18H26N4O3/c1-25-16-6-4-5-15(13-16)21-11-9-20(10-12-21)7-2-3-8-22-17(23)14-19-18(22)24/h4-6,13H,2-3,7-12,14H2,1H3,(H,19,24). The summed E-state index contributed by atoms with van der Waals surface area (Å²) in [7, 11) is 1.69. The second-order valence-corrected chi connectivity index (χ2v) is 6.44. The molecule has 136 valence electrons. The number of urea groups is 1. The number of amides is 3. The monoisotopic (exact) mass is 346 g/mol. The van der Waals surface area contributed by atoms with Crippen LogP contribution in [0.5, 0.6) is 5.75 Å². The lowest BCUT2D eigenvalue weighted by Gasteiger charge is -2.36. The Morgan fingerprint density at radius 3 is 2.52 bits per heavy atom. The normalized spacial score (nSPS) is 18.6. The first kappa shape index (κ1) is 17.5. The number of ether oxygens (including phenoxy) is 1. The largest absolute Gasteiger partial charge is 0.497 e. The summed E-state index contributed by atoms with van der Waals surface area (Å²) in [5, 5.41) is 2.55. The molecule has 3 rings (SSSR count). The van der Waals surface area contributed by atoms with Crippen LogP contribution >= 0.6 is 0 Å². The van der Waals surface area contributed by atoms with Crippen molar-refractivity contribution in [2.45, 2.75) is 12.8 Å². The van der Waals surface area contributed by atoms with E-state index in [1.54, 1.807) is 7.11 Å². The fourth-order valence-electron chi connectivity index (χ4n) is 3.32. The number of hydrogen-bond acceptors (Lipinski definition) is 5. The van der Waals surface area contributed by atoms with Crippen LogP contribution in [0.1, 0.15) is 12.8 Å². The van der Waals surface area contributed by atoms with Gasteiger partial charge in [-0.05, 0) is 31.5 Å². The van der Waals surface area contributed by atoms with Crippen LogP contribution in [0.4, 0.5) is 10.5 Å². The minimum atomic E-state index is -0.253. The lowest BCUT2D eigenvalue weighted by molar-refractivity contribution is -0.125. The number of rotatable bonds is 7. The van der Waals surface area contributed by atoms with Crippen LogP contribution in [0.25, 0.3) is 0 Å². The predicted octanol–water partition coefficient (Wildman–Crippen LogP) is 1.15. The molecule has 25 heavy (non-hydrogen) atoms. The van der Waals surface area contributed by atoms with Gasteiger partial charge < -0.3 is 15.0 Å². The maximum absolute atomic E-state index is 11.5. The molecular formula is C18H26N4O3. The summed E-state index contributed by atoms with van der Waals surface area (Å²) in [5.74, 6) is 0.775. The fourth-order valence-corrected chi connectivity index (χ4v) is 3.32. The second kappa shape index (κ2) is 8.20. The van der Waals surface area contributed by atoms with Crippen LogP contribution < -0.4 is 15.0 Å². The Morgan fingerprint density at radius 2 is 1.84 bits per heavy atom. The molecule has 0 unspecified atom stereocenters. The van der Waals surface area contributed by atoms with E-state index in [0.29, 0.717) is 6.54 Å². The van der Waals surface area contributed by atoms with Gasteiger partial charge in [0.15, 0.2) is 0 Å². The van der Waals surface area contributed by atoms with Crippen LogP contribution in [0.15, 0.2) is 24.3 Å². The Hall–Kier alpha value is -2.28. The first-order chi connectivity index (χ1) is 12.2. The van der Waals surface area contributed by atoms with Gasteiger partial charge >= 0.3 is 6.03 Å². The van der Waals surface area contributed by atoms with E-state index in [-0.39, 0.29) is 18.5 Å². The summed E-state index contributed by atoms with van der Waals surface area (Å²) in [4.78, 5) is 29.1. The summed E-state index contributed by atoms with van der Waals surface area (Å²) < 4.78 is 5.30. The van der Waals surface area contributed by atoms with Gasteiger partial charge in [-0.1, -0.05) is 6.07 Å². The number of methoxy groups -OCH3 is 1. The number of anilines is 1. The minimum absolute atomic E-state index is 0.114.